The molecule has 0 atom stereocenters. The number of benzene rings is 2. The van der Waals surface area contributed by atoms with Crippen molar-refractivity contribution in [2.24, 2.45) is 17.8 Å². The van der Waals surface area contributed by atoms with Crippen LogP contribution in [0.5, 0.6) is 0 Å². The number of anilines is 2. The van der Waals surface area contributed by atoms with Crippen molar-refractivity contribution in [3.05, 3.63) is 59.7 Å². The summed E-state index contributed by atoms with van der Waals surface area (Å²) in [5, 5.41) is 5.89. The monoisotopic (exact) mass is 563 g/mol. The van der Waals surface area contributed by atoms with Gasteiger partial charge in [-0.05, 0) is 104 Å². The predicted octanol–water partition coefficient (Wildman–Crippen LogP) is 5.62. The first kappa shape index (κ1) is 27.3. The highest BCUT2D eigenvalue weighted by Crippen LogP contribution is 2.60. The third kappa shape index (κ3) is 5.65. The Balaban J connectivity index is 1.16. The maximum Gasteiger partial charge on any atom is 0.253 e. The summed E-state index contributed by atoms with van der Waals surface area (Å²) in [5.41, 5.74) is 2.78. The van der Waals surface area contributed by atoms with E-state index < -0.39 is 15.9 Å². The number of carbonyl (C=O) groups is 2. The molecule has 5 fully saturated rings. The lowest BCUT2D eigenvalue weighted by molar-refractivity contribution is -0.114. The molecule has 0 radical (unpaired) electrons. The fourth-order valence-electron chi connectivity index (χ4n) is 8.47. The lowest BCUT2D eigenvalue weighted by Crippen LogP contribution is -2.48. The van der Waals surface area contributed by atoms with Crippen LogP contribution in [0.15, 0.2) is 48.5 Å². The second kappa shape index (κ2) is 10.8. The molecule has 5 aliphatic rings. The van der Waals surface area contributed by atoms with Crippen molar-refractivity contribution >= 4 is 33.2 Å². The predicted molar refractivity (Wildman–Crippen MR) is 158 cm³/mol. The van der Waals surface area contributed by atoms with Gasteiger partial charge in [0.1, 0.15) is 6.54 Å². The molecule has 2 aromatic rings. The molecule has 7 nitrogen and oxygen atoms in total. The Hall–Kier alpha value is -2.87. The van der Waals surface area contributed by atoms with Crippen LogP contribution in [-0.2, 0) is 20.2 Å². The molecule has 7 rings (SSSR count). The van der Waals surface area contributed by atoms with Crippen molar-refractivity contribution in [2.75, 3.05) is 22.4 Å². The number of carbonyl (C=O) groups excluding carboxylic acids is 2. The second-order valence-electron chi connectivity index (χ2n) is 12.9. The van der Waals surface area contributed by atoms with Crippen LogP contribution in [-0.4, -0.2) is 39.1 Å². The number of rotatable bonds is 8. The minimum atomic E-state index is -3.72. The maximum atomic E-state index is 13.2. The van der Waals surface area contributed by atoms with Crippen molar-refractivity contribution in [1.29, 1.82) is 0 Å². The van der Waals surface area contributed by atoms with E-state index in [-0.39, 0.29) is 23.9 Å². The summed E-state index contributed by atoms with van der Waals surface area (Å²) in [6.07, 6.45) is 14.3. The van der Waals surface area contributed by atoms with E-state index in [0.717, 1.165) is 54.0 Å². The van der Waals surface area contributed by atoms with E-state index in [1.54, 1.807) is 24.3 Å². The first-order valence-electron chi connectivity index (χ1n) is 15.0. The van der Waals surface area contributed by atoms with Crippen molar-refractivity contribution in [2.45, 2.75) is 82.1 Å². The molecule has 5 aliphatic carbocycles. The van der Waals surface area contributed by atoms with E-state index in [0.29, 0.717) is 16.9 Å². The van der Waals surface area contributed by atoms with Gasteiger partial charge in [-0.25, -0.2) is 8.42 Å². The van der Waals surface area contributed by atoms with Crippen LogP contribution in [0.4, 0.5) is 11.4 Å². The van der Waals surface area contributed by atoms with Crippen LogP contribution in [0, 0.1) is 17.8 Å². The van der Waals surface area contributed by atoms with Crippen molar-refractivity contribution in [1.82, 2.24) is 5.32 Å². The highest BCUT2D eigenvalue weighted by atomic mass is 32.2. The van der Waals surface area contributed by atoms with Gasteiger partial charge >= 0.3 is 0 Å². The summed E-state index contributed by atoms with van der Waals surface area (Å²) in [7, 11) is -3.72. The number of amides is 2. The van der Waals surface area contributed by atoms with Crippen LogP contribution >= 0.6 is 0 Å². The van der Waals surface area contributed by atoms with Crippen molar-refractivity contribution < 1.29 is 18.0 Å². The van der Waals surface area contributed by atoms with Gasteiger partial charge in [0.2, 0.25) is 15.9 Å². The van der Waals surface area contributed by atoms with Crippen LogP contribution in [0.1, 0.15) is 86.6 Å². The number of sulfonamides is 1. The molecule has 0 saturated heterocycles. The number of para-hydroxylation sites is 1. The highest BCUT2D eigenvalue weighted by Gasteiger charge is 2.51. The molecule has 2 N–H and O–H groups in total. The molecule has 8 heteroatoms. The van der Waals surface area contributed by atoms with Gasteiger partial charge in [0, 0.05) is 6.04 Å². The lowest BCUT2D eigenvalue weighted by atomic mass is 9.48. The second-order valence-corrected chi connectivity index (χ2v) is 14.8. The molecule has 214 valence electrons. The standard InChI is InChI=1S/C32H41N3O4S/c1-40(38,39)35(27-13-11-25(12-14-27)32-18-22-15-23(19-32)17-24(16-22)20-32)21-30(36)34-29-10-6-5-9-28(29)31(37)33-26-7-3-2-4-8-26/h5-6,9-14,22-24,26H,2-4,7-8,15-21H2,1H3,(H,33,37)(H,34,36). The molecule has 0 heterocycles. The Morgan fingerprint density at radius 2 is 1.48 bits per heavy atom. The summed E-state index contributed by atoms with van der Waals surface area (Å²) >= 11 is 0. The van der Waals surface area contributed by atoms with Gasteiger partial charge in [-0.15, -0.1) is 0 Å². The zero-order chi connectivity index (χ0) is 27.9. The third-order valence-electron chi connectivity index (χ3n) is 9.88. The normalized spacial score (nSPS) is 27.8. The average Bonchev–Trinajstić information content (AvgIpc) is 2.91. The van der Waals surface area contributed by atoms with Gasteiger partial charge in [0.05, 0.1) is 23.2 Å². The minimum Gasteiger partial charge on any atom is -0.349 e. The summed E-state index contributed by atoms with van der Waals surface area (Å²) in [5.74, 6) is 1.77. The van der Waals surface area contributed by atoms with Gasteiger partial charge in [-0.3, -0.25) is 13.9 Å². The molecule has 0 unspecified atom stereocenters. The van der Waals surface area contributed by atoms with E-state index in [4.69, 9.17) is 0 Å². The smallest absolute Gasteiger partial charge is 0.253 e. The van der Waals surface area contributed by atoms with E-state index in [2.05, 4.69) is 22.8 Å². The first-order chi connectivity index (χ1) is 19.2. The van der Waals surface area contributed by atoms with E-state index in [9.17, 15) is 18.0 Å². The minimum absolute atomic E-state index is 0.145. The SMILES string of the molecule is CS(=O)(=O)N(CC(=O)Nc1ccccc1C(=O)NC1CCCCC1)c1ccc(C23CC4CC(CC(C4)C2)C3)cc1. The fourth-order valence-corrected chi connectivity index (χ4v) is 9.32. The van der Waals surface area contributed by atoms with E-state index in [1.807, 2.05) is 12.1 Å². The molecule has 4 bridgehead atoms. The topological polar surface area (TPSA) is 95.6 Å². The summed E-state index contributed by atoms with van der Waals surface area (Å²) in [4.78, 5) is 26.2. The van der Waals surface area contributed by atoms with Crippen LogP contribution < -0.4 is 14.9 Å². The summed E-state index contributed by atoms with van der Waals surface area (Å²) in [6.45, 7) is -0.367. The molecule has 40 heavy (non-hydrogen) atoms. The Morgan fingerprint density at radius 3 is 2.08 bits per heavy atom. The third-order valence-corrected chi connectivity index (χ3v) is 11.0. The number of nitrogens with one attached hydrogen (secondary N) is 2. The van der Waals surface area contributed by atoms with E-state index >= 15 is 0 Å². The zero-order valence-electron chi connectivity index (χ0n) is 23.4. The quantitative estimate of drug-likeness (QED) is 0.436. The Bertz CT molecular complexity index is 1330. The molecule has 0 spiro atoms. The van der Waals surface area contributed by atoms with Crippen molar-refractivity contribution in [3.8, 4) is 0 Å². The Labute approximate surface area is 238 Å². The molecular weight excluding hydrogens is 522 g/mol. The molecule has 0 aromatic heterocycles. The van der Waals surface area contributed by atoms with Crippen LogP contribution in [0.3, 0.4) is 0 Å². The fraction of sp³-hybridized carbons (Fsp3) is 0.562. The Morgan fingerprint density at radius 1 is 0.875 bits per heavy atom. The van der Waals surface area contributed by atoms with Crippen LogP contribution in [0.25, 0.3) is 0 Å². The largest absolute Gasteiger partial charge is 0.349 e. The zero-order valence-corrected chi connectivity index (χ0v) is 24.2. The van der Waals surface area contributed by atoms with Crippen LogP contribution in [0.2, 0.25) is 0 Å². The van der Waals surface area contributed by atoms with Gasteiger partial charge in [0.25, 0.3) is 5.91 Å². The number of nitrogens with zero attached hydrogens (tertiary/aromatic N) is 1. The number of hydrogen-bond donors (Lipinski definition) is 2. The van der Waals surface area contributed by atoms with Gasteiger partial charge in [-0.1, -0.05) is 43.5 Å². The average molecular weight is 564 g/mol. The van der Waals surface area contributed by atoms with Gasteiger partial charge < -0.3 is 10.6 Å². The van der Waals surface area contributed by atoms with E-state index in [1.165, 1.54) is 50.5 Å². The molecule has 0 aliphatic heterocycles. The lowest BCUT2D eigenvalue weighted by Gasteiger charge is -2.57. The van der Waals surface area contributed by atoms with Crippen molar-refractivity contribution in [3.63, 3.8) is 0 Å². The Kier molecular flexibility index (Phi) is 7.40. The maximum absolute atomic E-state index is 13.2. The molecular formula is C32H41N3O4S. The van der Waals surface area contributed by atoms with Gasteiger partial charge in [-0.2, -0.15) is 0 Å². The molecule has 2 amide bonds. The molecule has 5 saturated carbocycles. The summed E-state index contributed by atoms with van der Waals surface area (Å²) < 4.78 is 26.8. The summed E-state index contributed by atoms with van der Waals surface area (Å²) in [6, 6.07) is 14.9. The van der Waals surface area contributed by atoms with Gasteiger partial charge in [0.15, 0.2) is 0 Å². The highest BCUT2D eigenvalue weighted by molar-refractivity contribution is 7.92. The number of hydrogen-bond acceptors (Lipinski definition) is 4. The first-order valence-corrected chi connectivity index (χ1v) is 16.8. The molecule has 2 aromatic carbocycles.